The van der Waals surface area contributed by atoms with E-state index in [4.69, 9.17) is 10.8 Å². The average Bonchev–Trinajstić information content (AvgIpc) is 3.15. The van der Waals surface area contributed by atoms with E-state index in [1.165, 1.54) is 36.2 Å². The Morgan fingerprint density at radius 1 is 1.10 bits per heavy atom. The second kappa shape index (κ2) is 4.63. The molecule has 3 N–H and O–H groups in total. The van der Waals surface area contributed by atoms with Gasteiger partial charge in [0.05, 0.1) is 11.2 Å². The molecule has 1 fully saturated rings. The summed E-state index contributed by atoms with van der Waals surface area (Å²) in [6.07, 6.45) is 5.94. The van der Waals surface area contributed by atoms with Gasteiger partial charge in [0.15, 0.2) is 0 Å². The highest BCUT2D eigenvalue weighted by atomic mass is 15.2. The van der Waals surface area contributed by atoms with Crippen molar-refractivity contribution in [3.8, 4) is 0 Å². The van der Waals surface area contributed by atoms with E-state index in [-0.39, 0.29) is 0 Å². The lowest BCUT2D eigenvalue weighted by molar-refractivity contribution is 0.901. The molecule has 0 bridgehead atoms. The summed E-state index contributed by atoms with van der Waals surface area (Å²) >= 11 is 0. The minimum atomic E-state index is 1.06. The van der Waals surface area contributed by atoms with Crippen molar-refractivity contribution >= 4 is 22.3 Å². The molecule has 4 rings (SSSR count). The van der Waals surface area contributed by atoms with Crippen LogP contribution in [-0.2, 0) is 12.8 Å². The summed E-state index contributed by atoms with van der Waals surface area (Å²) < 4.78 is 0. The van der Waals surface area contributed by atoms with E-state index < -0.39 is 0 Å². The minimum absolute atomic E-state index is 1.06. The number of nitrogens with one attached hydrogen (secondary N) is 1. The molecule has 2 heterocycles. The van der Waals surface area contributed by atoms with Crippen LogP contribution in [0.2, 0.25) is 0 Å². The van der Waals surface area contributed by atoms with E-state index >= 15 is 0 Å². The predicted molar refractivity (Wildman–Crippen MR) is 83.0 cm³/mol. The first kappa shape index (κ1) is 12.0. The molecule has 0 saturated carbocycles. The first-order valence-corrected chi connectivity index (χ1v) is 7.54. The number of anilines is 2. The number of hydrogen-bond donors (Lipinski definition) is 2. The van der Waals surface area contributed by atoms with Gasteiger partial charge in [-0.05, 0) is 55.9 Å². The van der Waals surface area contributed by atoms with Crippen LogP contribution < -0.4 is 16.2 Å². The number of hydrogen-bond acceptors (Lipinski definition) is 4. The average molecular weight is 268 g/mol. The maximum Gasteiger partial charge on any atom is 0.0728 e. The van der Waals surface area contributed by atoms with Crippen molar-refractivity contribution in [2.24, 2.45) is 5.84 Å². The number of benzene rings is 1. The molecule has 1 aromatic carbocycles. The minimum Gasteiger partial charge on any atom is -0.372 e. The molecule has 0 spiro atoms. The smallest absolute Gasteiger partial charge is 0.0728 e. The molecule has 4 heteroatoms. The summed E-state index contributed by atoms with van der Waals surface area (Å²) in [5, 5.41) is 1.16. The first-order chi connectivity index (χ1) is 9.86. The van der Waals surface area contributed by atoms with Crippen molar-refractivity contribution in [3.05, 3.63) is 29.5 Å². The summed E-state index contributed by atoms with van der Waals surface area (Å²) in [4.78, 5) is 7.27. The Kier molecular flexibility index (Phi) is 2.77. The Bertz CT molecular complexity index is 659. The van der Waals surface area contributed by atoms with Crippen molar-refractivity contribution in [1.29, 1.82) is 0 Å². The second-order valence-electron chi connectivity index (χ2n) is 5.81. The number of nitrogens with two attached hydrogens (primary N) is 1. The van der Waals surface area contributed by atoms with Gasteiger partial charge in [-0.1, -0.05) is 0 Å². The van der Waals surface area contributed by atoms with Gasteiger partial charge in [-0.3, -0.25) is 10.8 Å². The van der Waals surface area contributed by atoms with Gasteiger partial charge in [0.25, 0.3) is 0 Å². The topological polar surface area (TPSA) is 54.2 Å². The molecule has 1 saturated heterocycles. The van der Waals surface area contributed by atoms with Crippen LogP contribution in [0.25, 0.3) is 10.9 Å². The van der Waals surface area contributed by atoms with Crippen molar-refractivity contribution in [1.82, 2.24) is 4.98 Å². The zero-order chi connectivity index (χ0) is 13.5. The molecule has 1 aliphatic heterocycles. The summed E-state index contributed by atoms with van der Waals surface area (Å²) in [5.41, 5.74) is 8.91. The highest BCUT2D eigenvalue weighted by Gasteiger charge is 2.20. The molecule has 0 amide bonds. The monoisotopic (exact) mass is 268 g/mol. The number of aromatic nitrogens is 1. The molecule has 2 aliphatic rings. The molecule has 0 radical (unpaired) electrons. The van der Waals surface area contributed by atoms with E-state index in [1.54, 1.807) is 0 Å². The van der Waals surface area contributed by atoms with E-state index in [0.29, 0.717) is 0 Å². The fraction of sp³-hybridized carbons (Fsp3) is 0.438. The first-order valence-electron chi connectivity index (χ1n) is 7.54. The van der Waals surface area contributed by atoms with Gasteiger partial charge < -0.3 is 10.3 Å². The van der Waals surface area contributed by atoms with Crippen LogP contribution in [0.3, 0.4) is 0 Å². The predicted octanol–water partition coefficient (Wildman–Crippen LogP) is 2.61. The van der Waals surface area contributed by atoms with E-state index in [0.717, 1.165) is 42.5 Å². The van der Waals surface area contributed by atoms with Crippen molar-refractivity contribution in [2.45, 2.75) is 32.1 Å². The molecule has 0 unspecified atom stereocenters. The number of aryl methyl sites for hydroxylation is 1. The lowest BCUT2D eigenvalue weighted by Crippen LogP contribution is -2.17. The molecule has 1 aromatic heterocycles. The number of nitrogen functional groups attached to an aromatic ring is 1. The van der Waals surface area contributed by atoms with Crippen LogP contribution in [-0.4, -0.2) is 18.1 Å². The third-order valence-corrected chi connectivity index (χ3v) is 4.61. The van der Waals surface area contributed by atoms with Gasteiger partial charge in [0.2, 0.25) is 0 Å². The Morgan fingerprint density at radius 3 is 2.75 bits per heavy atom. The van der Waals surface area contributed by atoms with Gasteiger partial charge in [-0.2, -0.15) is 0 Å². The van der Waals surface area contributed by atoms with Crippen LogP contribution in [0.4, 0.5) is 11.4 Å². The van der Waals surface area contributed by atoms with Gasteiger partial charge in [0, 0.05) is 29.9 Å². The van der Waals surface area contributed by atoms with Crippen LogP contribution in [0, 0.1) is 0 Å². The number of fused-ring (bicyclic) bond motifs is 2. The fourth-order valence-electron chi connectivity index (χ4n) is 3.59. The molecule has 104 valence electrons. The molecule has 1 aliphatic carbocycles. The quantitative estimate of drug-likeness (QED) is 0.649. The van der Waals surface area contributed by atoms with Crippen LogP contribution in [0.1, 0.15) is 30.5 Å². The number of hydrazine groups is 1. The molecule has 4 nitrogen and oxygen atoms in total. The van der Waals surface area contributed by atoms with E-state index in [2.05, 4.69) is 28.5 Å². The summed E-state index contributed by atoms with van der Waals surface area (Å²) in [5.74, 6) is 5.80. The molecule has 20 heavy (non-hydrogen) atoms. The van der Waals surface area contributed by atoms with E-state index in [1.807, 2.05) is 0 Å². The van der Waals surface area contributed by atoms with Gasteiger partial charge >= 0.3 is 0 Å². The Hall–Kier alpha value is -1.81. The van der Waals surface area contributed by atoms with Crippen molar-refractivity contribution in [3.63, 3.8) is 0 Å². The third-order valence-electron chi connectivity index (χ3n) is 4.61. The van der Waals surface area contributed by atoms with Crippen LogP contribution in [0.15, 0.2) is 18.2 Å². The fourth-order valence-corrected chi connectivity index (χ4v) is 3.59. The largest absolute Gasteiger partial charge is 0.372 e. The Labute approximate surface area is 118 Å². The lowest BCUT2D eigenvalue weighted by Gasteiger charge is -2.19. The SMILES string of the molecule is NNc1c2c(nc3ccc(N4CCCC4)cc13)CCC2. The van der Waals surface area contributed by atoms with Gasteiger partial charge in [-0.25, -0.2) is 0 Å². The Morgan fingerprint density at radius 2 is 1.95 bits per heavy atom. The molecular weight excluding hydrogens is 248 g/mol. The number of nitrogens with zero attached hydrogens (tertiary/aromatic N) is 2. The van der Waals surface area contributed by atoms with Gasteiger partial charge in [0.1, 0.15) is 0 Å². The zero-order valence-electron chi connectivity index (χ0n) is 11.7. The maximum atomic E-state index is 5.80. The van der Waals surface area contributed by atoms with Crippen LogP contribution >= 0.6 is 0 Å². The summed E-state index contributed by atoms with van der Waals surface area (Å²) in [7, 11) is 0. The molecule has 2 aromatic rings. The van der Waals surface area contributed by atoms with Crippen LogP contribution in [0.5, 0.6) is 0 Å². The highest BCUT2D eigenvalue weighted by Crippen LogP contribution is 2.35. The van der Waals surface area contributed by atoms with Gasteiger partial charge in [-0.15, -0.1) is 0 Å². The molecular formula is C16H20N4. The third kappa shape index (κ3) is 1.75. The zero-order valence-corrected chi connectivity index (χ0v) is 11.7. The second-order valence-corrected chi connectivity index (χ2v) is 5.81. The normalized spacial score (nSPS) is 17.8. The summed E-state index contributed by atoms with van der Waals surface area (Å²) in [6.45, 7) is 2.32. The van der Waals surface area contributed by atoms with E-state index in [9.17, 15) is 0 Å². The molecule has 0 atom stereocenters. The Balaban J connectivity index is 1.90. The standard InChI is InChI=1S/C16H20N4/c17-19-16-12-4-3-5-14(12)18-15-7-6-11(10-13(15)16)20-8-1-2-9-20/h6-7,10H,1-5,8-9,17H2,(H,18,19). The van der Waals surface area contributed by atoms with Crippen molar-refractivity contribution < 1.29 is 0 Å². The summed E-state index contributed by atoms with van der Waals surface area (Å²) in [6, 6.07) is 6.59. The highest BCUT2D eigenvalue weighted by molar-refractivity contribution is 5.95. The number of rotatable bonds is 2. The van der Waals surface area contributed by atoms with Crippen molar-refractivity contribution in [2.75, 3.05) is 23.4 Å². The lowest BCUT2D eigenvalue weighted by atomic mass is 10.1. The number of pyridine rings is 1. The maximum absolute atomic E-state index is 5.80.